The van der Waals surface area contributed by atoms with Gasteiger partial charge in [-0.1, -0.05) is 17.7 Å². The van der Waals surface area contributed by atoms with Crippen molar-refractivity contribution in [3.05, 3.63) is 59.4 Å². The van der Waals surface area contributed by atoms with Gasteiger partial charge in [-0.3, -0.25) is 9.59 Å². The molecule has 7 heteroatoms. The normalized spacial score (nSPS) is 14.7. The largest absolute Gasteiger partial charge is 0.331 e. The van der Waals surface area contributed by atoms with Gasteiger partial charge in [0, 0.05) is 10.6 Å². The van der Waals surface area contributed by atoms with Gasteiger partial charge < -0.3 is 15.1 Å². The first-order valence-corrected chi connectivity index (χ1v) is 10.8. The minimum absolute atomic E-state index is 0.100. The van der Waals surface area contributed by atoms with Crippen molar-refractivity contribution in [2.24, 2.45) is 0 Å². The summed E-state index contributed by atoms with van der Waals surface area (Å²) in [6.45, 7) is 7.29. The Morgan fingerprint density at radius 3 is 2.45 bits per heavy atom. The fourth-order valence-corrected chi connectivity index (χ4v) is 4.32. The average Bonchev–Trinajstić information content (AvgIpc) is 2.69. The molecule has 2 N–H and O–H groups in total. The highest BCUT2D eigenvalue weighted by molar-refractivity contribution is 8.00. The summed E-state index contributed by atoms with van der Waals surface area (Å²) in [4.78, 5) is 28.9. The number of rotatable bonds is 6. The first-order chi connectivity index (χ1) is 13.9. The van der Waals surface area contributed by atoms with Crippen LogP contribution in [0.4, 0.5) is 10.1 Å². The molecule has 0 atom stereocenters. The molecule has 2 aromatic rings. The topological polar surface area (TPSA) is 53.9 Å². The van der Waals surface area contributed by atoms with Gasteiger partial charge >= 0.3 is 0 Å². The van der Waals surface area contributed by atoms with Gasteiger partial charge in [0.05, 0.1) is 31.9 Å². The zero-order valence-corrected chi connectivity index (χ0v) is 17.7. The van der Waals surface area contributed by atoms with Crippen LogP contribution in [0.2, 0.25) is 0 Å². The van der Waals surface area contributed by atoms with Gasteiger partial charge in [-0.15, -0.1) is 11.8 Å². The molecule has 1 aliphatic heterocycles. The summed E-state index contributed by atoms with van der Waals surface area (Å²) < 4.78 is 12.9. The van der Waals surface area contributed by atoms with Gasteiger partial charge in [0.25, 0.3) is 5.91 Å². The number of hydrogen-bond donors (Lipinski definition) is 2. The summed E-state index contributed by atoms with van der Waals surface area (Å²) in [6, 6.07) is 12.0. The van der Waals surface area contributed by atoms with Crippen LogP contribution < -0.4 is 10.2 Å². The quantitative estimate of drug-likeness (QED) is 0.708. The number of nitrogens with zero attached hydrogens (tertiary/aromatic N) is 1. The fraction of sp³-hybridized carbons (Fsp3) is 0.364. The Morgan fingerprint density at radius 1 is 1.10 bits per heavy atom. The molecule has 3 rings (SSSR count). The Hall–Kier alpha value is -2.38. The molecule has 0 bridgehead atoms. The third-order valence-corrected chi connectivity index (χ3v) is 6.20. The lowest BCUT2D eigenvalue weighted by Gasteiger charge is -2.31. The van der Waals surface area contributed by atoms with Crippen LogP contribution in [0.25, 0.3) is 0 Å². The number of aryl methyl sites for hydroxylation is 2. The first kappa shape index (κ1) is 21.3. The van der Waals surface area contributed by atoms with E-state index in [0.29, 0.717) is 31.1 Å². The Kier molecular flexibility index (Phi) is 7.28. The highest BCUT2D eigenvalue weighted by Crippen LogP contribution is 2.23. The predicted molar refractivity (Wildman–Crippen MR) is 114 cm³/mol. The number of hydrogen-bond acceptors (Lipinski definition) is 3. The molecule has 5 nitrogen and oxygen atoms in total. The summed E-state index contributed by atoms with van der Waals surface area (Å²) in [5.74, 6) is 0.149. The third-order valence-electron chi connectivity index (χ3n) is 5.04. The number of quaternary nitrogens is 1. The van der Waals surface area contributed by atoms with Crippen molar-refractivity contribution in [1.82, 2.24) is 4.90 Å². The minimum atomic E-state index is -0.329. The highest BCUT2D eigenvalue weighted by atomic mass is 32.2. The van der Waals surface area contributed by atoms with E-state index in [0.717, 1.165) is 22.9 Å². The number of amides is 2. The molecule has 2 aromatic carbocycles. The molecule has 0 unspecified atom stereocenters. The van der Waals surface area contributed by atoms with E-state index < -0.39 is 0 Å². The van der Waals surface area contributed by atoms with E-state index in [1.54, 1.807) is 23.9 Å². The maximum Gasteiger partial charge on any atom is 0.279 e. The second-order valence-corrected chi connectivity index (χ2v) is 8.44. The van der Waals surface area contributed by atoms with Crippen molar-refractivity contribution in [3.63, 3.8) is 0 Å². The molecule has 1 saturated heterocycles. The third kappa shape index (κ3) is 6.30. The van der Waals surface area contributed by atoms with E-state index in [4.69, 9.17) is 0 Å². The molecule has 0 saturated carbocycles. The van der Waals surface area contributed by atoms with E-state index in [1.807, 2.05) is 4.90 Å². The van der Waals surface area contributed by atoms with Gasteiger partial charge in [0.1, 0.15) is 5.82 Å². The summed E-state index contributed by atoms with van der Waals surface area (Å²) in [7, 11) is 0. The molecule has 0 aromatic heterocycles. The first-order valence-electron chi connectivity index (χ1n) is 9.77. The van der Waals surface area contributed by atoms with Crippen LogP contribution in [0.3, 0.4) is 0 Å². The van der Waals surface area contributed by atoms with Crippen LogP contribution in [0.5, 0.6) is 0 Å². The van der Waals surface area contributed by atoms with Crippen LogP contribution in [0, 0.1) is 19.7 Å². The molecular weight excluding hydrogens is 389 g/mol. The molecule has 29 heavy (non-hydrogen) atoms. The van der Waals surface area contributed by atoms with Crippen molar-refractivity contribution in [3.8, 4) is 0 Å². The molecule has 154 valence electrons. The molecule has 1 fully saturated rings. The molecule has 0 radical (unpaired) electrons. The second-order valence-electron chi connectivity index (χ2n) is 7.42. The van der Waals surface area contributed by atoms with Crippen LogP contribution in [0.15, 0.2) is 47.4 Å². The predicted octanol–water partition coefficient (Wildman–Crippen LogP) is 1.90. The summed E-state index contributed by atoms with van der Waals surface area (Å²) >= 11 is 1.58. The zero-order chi connectivity index (χ0) is 20.8. The van der Waals surface area contributed by atoms with Gasteiger partial charge in [-0.25, -0.2) is 4.39 Å². The Morgan fingerprint density at radius 2 is 1.79 bits per heavy atom. The van der Waals surface area contributed by atoms with Crippen LogP contribution >= 0.6 is 11.8 Å². The fourth-order valence-electron chi connectivity index (χ4n) is 3.41. The van der Waals surface area contributed by atoms with Gasteiger partial charge in [-0.05, 0) is 49.7 Å². The number of halogens is 1. The van der Waals surface area contributed by atoms with Crippen molar-refractivity contribution in [2.75, 3.05) is 43.8 Å². The maximum absolute atomic E-state index is 12.9. The van der Waals surface area contributed by atoms with E-state index in [2.05, 4.69) is 37.4 Å². The molecule has 2 amide bonds. The number of nitrogens with one attached hydrogen (secondary N) is 2. The van der Waals surface area contributed by atoms with Crippen molar-refractivity contribution < 1.29 is 18.9 Å². The maximum atomic E-state index is 12.9. The minimum Gasteiger partial charge on any atom is -0.331 e. The highest BCUT2D eigenvalue weighted by Gasteiger charge is 2.25. The SMILES string of the molecule is Cc1ccc(SCC(=O)N2CC[NH+](CC(=O)Nc3ccc(F)cc3)CC2)c(C)c1. The van der Waals surface area contributed by atoms with Crippen molar-refractivity contribution in [1.29, 1.82) is 0 Å². The lowest BCUT2D eigenvalue weighted by molar-refractivity contribution is -0.895. The average molecular weight is 417 g/mol. The van der Waals surface area contributed by atoms with Gasteiger partial charge in [0.2, 0.25) is 5.91 Å². The van der Waals surface area contributed by atoms with E-state index >= 15 is 0 Å². The van der Waals surface area contributed by atoms with Crippen LogP contribution in [-0.2, 0) is 9.59 Å². The van der Waals surface area contributed by atoms with Crippen molar-refractivity contribution in [2.45, 2.75) is 18.7 Å². The van der Waals surface area contributed by atoms with Crippen LogP contribution in [-0.4, -0.2) is 55.2 Å². The number of anilines is 1. The lowest BCUT2D eigenvalue weighted by Crippen LogP contribution is -3.15. The van der Waals surface area contributed by atoms with E-state index in [9.17, 15) is 14.0 Å². The van der Waals surface area contributed by atoms with Crippen LogP contribution in [0.1, 0.15) is 11.1 Å². The van der Waals surface area contributed by atoms with E-state index in [-0.39, 0.29) is 17.6 Å². The number of carbonyl (C=O) groups excluding carboxylic acids is 2. The zero-order valence-electron chi connectivity index (χ0n) is 16.8. The summed E-state index contributed by atoms with van der Waals surface area (Å²) in [5, 5.41) is 2.79. The molecule has 1 heterocycles. The summed E-state index contributed by atoms with van der Waals surface area (Å²) in [5.41, 5.74) is 3.01. The smallest absolute Gasteiger partial charge is 0.279 e. The summed E-state index contributed by atoms with van der Waals surface area (Å²) in [6.07, 6.45) is 0. The van der Waals surface area contributed by atoms with Crippen molar-refractivity contribution >= 4 is 29.3 Å². The van der Waals surface area contributed by atoms with Gasteiger partial charge in [0.15, 0.2) is 6.54 Å². The monoisotopic (exact) mass is 416 g/mol. The van der Waals surface area contributed by atoms with E-state index in [1.165, 1.54) is 23.3 Å². The number of benzene rings is 2. The van der Waals surface area contributed by atoms with Gasteiger partial charge in [-0.2, -0.15) is 0 Å². The lowest BCUT2D eigenvalue weighted by atomic mass is 10.2. The molecule has 0 aliphatic carbocycles. The Balaban J connectivity index is 1.40. The molecule has 1 aliphatic rings. The standard InChI is InChI=1S/C22H26FN3O2S/c1-16-3-8-20(17(2)13-16)29-15-22(28)26-11-9-25(10-12-26)14-21(27)24-19-6-4-18(23)5-7-19/h3-8,13H,9-12,14-15H2,1-2H3,(H,24,27)/p+1. The Bertz CT molecular complexity index is 865. The number of piperazine rings is 1. The molecule has 0 spiro atoms. The number of thioether (sulfide) groups is 1. The molecular formula is C22H27FN3O2S+. The second kappa shape index (κ2) is 9.89. The number of carbonyl (C=O) groups is 2. The Labute approximate surface area is 175 Å².